The summed E-state index contributed by atoms with van der Waals surface area (Å²) >= 11 is 1.22. The van der Waals surface area contributed by atoms with Gasteiger partial charge in [-0.25, -0.2) is 4.98 Å². The van der Waals surface area contributed by atoms with Gasteiger partial charge in [-0.05, 0) is 35.9 Å². The van der Waals surface area contributed by atoms with Crippen LogP contribution in [0.15, 0.2) is 95.6 Å². The van der Waals surface area contributed by atoms with Crippen molar-refractivity contribution in [1.82, 2.24) is 9.97 Å². The van der Waals surface area contributed by atoms with Crippen LogP contribution in [0, 0.1) is 0 Å². The quantitative estimate of drug-likeness (QED) is 0.412. The highest BCUT2D eigenvalue weighted by atomic mass is 32.2. The van der Waals surface area contributed by atoms with Gasteiger partial charge in [-0.1, -0.05) is 49.2 Å². The number of benzene rings is 2. The largest absolute Gasteiger partial charge is 0.416 e. The number of nitrogens with zero attached hydrogens (tertiary/aromatic N) is 2. The molecule has 0 N–H and O–H groups in total. The number of aromatic nitrogens is 2. The molecule has 0 aliphatic carbocycles. The van der Waals surface area contributed by atoms with Gasteiger partial charge in [0.1, 0.15) is 10.7 Å². The molecule has 0 fully saturated rings. The molecule has 0 saturated heterocycles. The minimum Gasteiger partial charge on any atom is -0.310 e. The summed E-state index contributed by atoms with van der Waals surface area (Å²) in [5.74, 6) is 2.78. The van der Waals surface area contributed by atoms with Crippen LogP contribution in [0.4, 0.5) is 13.2 Å². The van der Waals surface area contributed by atoms with E-state index in [1.807, 2.05) is 0 Å². The fraction of sp³-hybridized carbons (Fsp3) is 0.0476. The molecule has 2 aromatic carbocycles. The highest BCUT2D eigenvalue weighted by Gasteiger charge is 2.30. The first-order valence-electron chi connectivity index (χ1n) is 8.40. The van der Waals surface area contributed by atoms with Gasteiger partial charge in [0.2, 0.25) is 0 Å². The minimum atomic E-state index is -4.38. The van der Waals surface area contributed by atoms with Crippen LogP contribution in [0.5, 0.6) is 0 Å². The Bertz CT molecular complexity index is 1070. The van der Waals surface area contributed by atoms with Crippen molar-refractivity contribution in [2.24, 2.45) is 0 Å². The van der Waals surface area contributed by atoms with Crippen LogP contribution in [0.1, 0.15) is 5.56 Å². The molecule has 0 aliphatic heterocycles. The molecule has 0 spiro atoms. The number of halogens is 3. The highest BCUT2D eigenvalue weighted by Crippen LogP contribution is 2.46. The Balaban J connectivity index is 1.90. The molecule has 3 rings (SSSR count). The van der Waals surface area contributed by atoms with Crippen molar-refractivity contribution < 1.29 is 17.7 Å². The second kappa shape index (κ2) is 8.39. The monoisotopic (exact) mass is 432 g/mol. The fourth-order valence-electron chi connectivity index (χ4n) is 2.56. The average molecular weight is 432 g/mol. The Kier molecular flexibility index (Phi) is 6.10. The predicted molar refractivity (Wildman–Crippen MR) is 111 cm³/mol. The summed E-state index contributed by atoms with van der Waals surface area (Å²) in [6.45, 7) is 7.22. The summed E-state index contributed by atoms with van der Waals surface area (Å²) in [6, 6.07) is 11.9. The van der Waals surface area contributed by atoms with Crippen molar-refractivity contribution in [2.45, 2.75) is 16.1 Å². The van der Waals surface area contributed by atoms with E-state index in [-0.39, 0.29) is 0 Å². The molecular weight excluding hydrogens is 416 g/mol. The van der Waals surface area contributed by atoms with Crippen LogP contribution in [0.2, 0.25) is 0 Å². The second-order valence-corrected chi connectivity index (χ2v) is 9.68. The van der Waals surface area contributed by atoms with Gasteiger partial charge in [-0.2, -0.15) is 13.2 Å². The smallest absolute Gasteiger partial charge is 0.310 e. The lowest BCUT2D eigenvalue weighted by Crippen LogP contribution is -2.03. The van der Waals surface area contributed by atoms with Crippen molar-refractivity contribution in [2.75, 3.05) is 0 Å². The standard InChI is InChI=1S/C21H16F3N2OPS/c1-3-28(27,4-2)17-9-5-15(6-10-17)19-20(26-14-13-25-19)29-18-11-7-16(8-12-18)21(22,23)24/h3-14H,1-2H2. The normalized spacial score (nSPS) is 11.8. The lowest BCUT2D eigenvalue weighted by Gasteiger charge is -2.11. The predicted octanol–water partition coefficient (Wildman–Crippen LogP) is 6.59. The Hall–Kier alpha value is -2.63. The summed E-state index contributed by atoms with van der Waals surface area (Å²) in [5, 5.41) is 1.16. The zero-order valence-corrected chi connectivity index (χ0v) is 16.8. The van der Waals surface area contributed by atoms with E-state index in [4.69, 9.17) is 0 Å². The maximum Gasteiger partial charge on any atom is 0.416 e. The van der Waals surface area contributed by atoms with Crippen molar-refractivity contribution in [3.63, 3.8) is 0 Å². The molecule has 1 aromatic heterocycles. The van der Waals surface area contributed by atoms with Crippen LogP contribution >= 0.6 is 18.9 Å². The van der Waals surface area contributed by atoms with Gasteiger partial charge in [0.05, 0.1) is 5.56 Å². The van der Waals surface area contributed by atoms with Crippen LogP contribution in [0.25, 0.3) is 11.3 Å². The van der Waals surface area contributed by atoms with Crippen LogP contribution in [0.3, 0.4) is 0 Å². The summed E-state index contributed by atoms with van der Waals surface area (Å²) < 4.78 is 50.9. The number of alkyl halides is 3. The third-order valence-electron chi connectivity index (χ3n) is 4.15. The van der Waals surface area contributed by atoms with E-state index in [0.717, 1.165) is 17.7 Å². The van der Waals surface area contributed by atoms with Crippen LogP contribution in [-0.2, 0) is 10.7 Å². The van der Waals surface area contributed by atoms with Crippen molar-refractivity contribution >= 4 is 24.2 Å². The first kappa shape index (κ1) is 21.1. The van der Waals surface area contributed by atoms with E-state index in [0.29, 0.717) is 20.9 Å². The maximum absolute atomic E-state index is 12.7. The third-order valence-corrected chi connectivity index (χ3v) is 7.34. The summed E-state index contributed by atoms with van der Waals surface area (Å²) in [6.07, 6.45) is -1.31. The van der Waals surface area contributed by atoms with Gasteiger partial charge >= 0.3 is 6.18 Å². The third kappa shape index (κ3) is 4.69. The maximum atomic E-state index is 12.7. The topological polar surface area (TPSA) is 42.9 Å². The molecular formula is C21H16F3N2OPS. The molecule has 0 saturated carbocycles. The number of rotatable bonds is 6. The van der Waals surface area contributed by atoms with Gasteiger partial charge in [-0.15, -0.1) is 0 Å². The molecule has 29 heavy (non-hydrogen) atoms. The van der Waals surface area contributed by atoms with E-state index < -0.39 is 18.9 Å². The van der Waals surface area contributed by atoms with Crippen molar-refractivity contribution in [3.8, 4) is 11.3 Å². The fourth-order valence-corrected chi connectivity index (χ4v) is 4.62. The summed E-state index contributed by atoms with van der Waals surface area (Å²) in [4.78, 5) is 9.29. The Morgan fingerprint density at radius 2 is 1.48 bits per heavy atom. The Morgan fingerprint density at radius 3 is 2.03 bits per heavy atom. The van der Waals surface area contributed by atoms with Crippen LogP contribution < -0.4 is 5.30 Å². The van der Waals surface area contributed by atoms with Gasteiger partial charge in [0, 0.05) is 28.2 Å². The Labute approximate surface area is 170 Å². The second-order valence-electron chi connectivity index (χ2n) is 5.96. The van der Waals surface area contributed by atoms with Gasteiger partial charge < -0.3 is 4.57 Å². The lowest BCUT2D eigenvalue weighted by atomic mass is 10.2. The molecule has 0 unspecified atom stereocenters. The van der Waals surface area contributed by atoms with E-state index in [2.05, 4.69) is 23.1 Å². The molecule has 0 radical (unpaired) electrons. The Morgan fingerprint density at radius 1 is 0.897 bits per heavy atom. The van der Waals surface area contributed by atoms with E-state index >= 15 is 0 Å². The molecule has 3 nitrogen and oxygen atoms in total. The molecule has 0 amide bonds. The molecule has 8 heteroatoms. The van der Waals surface area contributed by atoms with Gasteiger partial charge in [-0.3, -0.25) is 4.98 Å². The summed E-state index contributed by atoms with van der Waals surface area (Å²) in [7, 11) is -2.84. The first-order valence-corrected chi connectivity index (χ1v) is 11.1. The van der Waals surface area contributed by atoms with Crippen molar-refractivity contribution in [1.29, 1.82) is 0 Å². The molecule has 0 atom stereocenters. The number of hydrogen-bond acceptors (Lipinski definition) is 4. The van der Waals surface area contributed by atoms with Gasteiger partial charge in [0.25, 0.3) is 0 Å². The highest BCUT2D eigenvalue weighted by molar-refractivity contribution is 7.99. The SMILES string of the molecule is C=CP(=O)(C=C)c1ccc(-c2nccnc2Sc2ccc(C(F)(F)F)cc2)cc1. The van der Waals surface area contributed by atoms with E-state index in [1.165, 1.54) is 41.7 Å². The molecule has 148 valence electrons. The average Bonchev–Trinajstić information content (AvgIpc) is 2.73. The molecule has 3 aromatic rings. The summed E-state index contributed by atoms with van der Waals surface area (Å²) in [5.41, 5.74) is 0.623. The zero-order chi connectivity index (χ0) is 21.1. The van der Waals surface area contributed by atoms with Gasteiger partial charge in [0.15, 0.2) is 7.14 Å². The van der Waals surface area contributed by atoms with E-state index in [1.54, 1.807) is 30.5 Å². The van der Waals surface area contributed by atoms with E-state index in [9.17, 15) is 17.7 Å². The molecule has 1 heterocycles. The number of hydrogen-bond donors (Lipinski definition) is 0. The van der Waals surface area contributed by atoms with Crippen molar-refractivity contribution in [3.05, 3.63) is 91.3 Å². The minimum absolute atomic E-state index is 0.552. The first-order chi connectivity index (χ1) is 13.8. The molecule has 0 bridgehead atoms. The zero-order valence-electron chi connectivity index (χ0n) is 15.1. The molecule has 0 aliphatic rings. The lowest BCUT2D eigenvalue weighted by molar-refractivity contribution is -0.137. The van der Waals surface area contributed by atoms with Crippen LogP contribution in [-0.4, -0.2) is 9.97 Å².